The molecule has 1 N–H and O–H groups in total. The Labute approximate surface area is 192 Å². The van der Waals surface area contributed by atoms with Crippen LogP contribution in [0.5, 0.6) is 0 Å². The molecule has 4 rings (SSSR count). The zero-order valence-corrected chi connectivity index (χ0v) is 19.2. The van der Waals surface area contributed by atoms with E-state index in [0.29, 0.717) is 44.6 Å². The number of carbonyl (C=O) groups excluding carboxylic acids is 3. The number of nitrogens with zero attached hydrogens (tertiary/aromatic N) is 3. The van der Waals surface area contributed by atoms with Crippen molar-refractivity contribution in [2.24, 2.45) is 0 Å². The second-order valence-electron chi connectivity index (χ2n) is 9.57. The molecule has 3 aliphatic rings. The molecule has 176 valence electrons. The number of rotatable bonds is 2. The first kappa shape index (κ1) is 22.9. The van der Waals surface area contributed by atoms with Gasteiger partial charge in [0.15, 0.2) is 11.8 Å². The van der Waals surface area contributed by atoms with E-state index < -0.39 is 17.9 Å². The highest BCUT2D eigenvalue weighted by atomic mass is 19.1. The zero-order chi connectivity index (χ0) is 23.8. The van der Waals surface area contributed by atoms with Gasteiger partial charge in [0.05, 0.1) is 12.6 Å². The predicted octanol–water partition coefficient (Wildman–Crippen LogP) is 2.58. The lowest BCUT2D eigenvalue weighted by molar-refractivity contribution is 0.0112. The summed E-state index contributed by atoms with van der Waals surface area (Å²) in [4.78, 5) is 40.2. The molecular formula is C24H29FN4O4. The van der Waals surface area contributed by atoms with Crippen molar-refractivity contribution in [3.05, 3.63) is 35.3 Å². The Hall–Kier alpha value is -3.28. The van der Waals surface area contributed by atoms with Crippen molar-refractivity contribution in [2.75, 3.05) is 36.0 Å². The van der Waals surface area contributed by atoms with Crippen LogP contribution in [0.3, 0.4) is 0 Å². The van der Waals surface area contributed by atoms with Crippen LogP contribution < -0.4 is 15.1 Å². The number of halogens is 1. The largest absolute Gasteiger partial charge is 0.444 e. The average molecular weight is 457 g/mol. The normalized spacial score (nSPS) is 23.0. The number of fused-ring (bicyclic) bond motifs is 1. The average Bonchev–Trinajstić information content (AvgIpc) is 3.21. The number of amides is 1. The second kappa shape index (κ2) is 8.93. The Balaban J connectivity index is 1.52. The number of hydrogen-bond acceptors (Lipinski definition) is 7. The van der Waals surface area contributed by atoms with Gasteiger partial charge in [0.1, 0.15) is 23.4 Å². The van der Waals surface area contributed by atoms with E-state index in [1.165, 1.54) is 4.90 Å². The number of nitrogens with one attached hydrogen (secondary N) is 1. The quantitative estimate of drug-likeness (QED) is 0.685. The Morgan fingerprint density at radius 3 is 2.55 bits per heavy atom. The predicted molar refractivity (Wildman–Crippen MR) is 122 cm³/mol. The minimum atomic E-state index is -1.21. The van der Waals surface area contributed by atoms with Gasteiger partial charge in [-0.15, -0.1) is 0 Å². The minimum absolute atomic E-state index is 0.0000162. The molecule has 2 atom stereocenters. The maximum Gasteiger partial charge on any atom is 0.410 e. The molecule has 0 radical (unpaired) electrons. The third-order valence-corrected chi connectivity index (χ3v) is 6.23. The van der Waals surface area contributed by atoms with E-state index in [1.54, 1.807) is 20.8 Å². The van der Waals surface area contributed by atoms with Crippen molar-refractivity contribution in [3.63, 3.8) is 0 Å². The summed E-state index contributed by atoms with van der Waals surface area (Å²) in [6, 6.07) is 5.44. The Kier molecular flexibility index (Phi) is 6.19. The van der Waals surface area contributed by atoms with Crippen molar-refractivity contribution in [1.29, 1.82) is 0 Å². The smallest absolute Gasteiger partial charge is 0.410 e. The van der Waals surface area contributed by atoms with E-state index in [-0.39, 0.29) is 18.4 Å². The number of likely N-dealkylation sites (tertiary alicyclic amines) is 1. The van der Waals surface area contributed by atoms with Gasteiger partial charge in [-0.3, -0.25) is 0 Å². The summed E-state index contributed by atoms with van der Waals surface area (Å²) in [6.07, 6.45) is -0.0330. The van der Waals surface area contributed by atoms with E-state index in [2.05, 4.69) is 10.2 Å². The zero-order valence-electron chi connectivity index (χ0n) is 19.2. The van der Waals surface area contributed by atoms with Gasteiger partial charge in [0.2, 0.25) is 0 Å². The van der Waals surface area contributed by atoms with Gasteiger partial charge in [0.25, 0.3) is 0 Å². The fourth-order valence-corrected chi connectivity index (χ4v) is 4.78. The molecule has 1 aromatic carbocycles. The van der Waals surface area contributed by atoms with Crippen molar-refractivity contribution < 1.29 is 23.5 Å². The van der Waals surface area contributed by atoms with Gasteiger partial charge < -0.3 is 24.8 Å². The summed E-state index contributed by atoms with van der Waals surface area (Å²) < 4.78 is 20.7. The van der Waals surface area contributed by atoms with E-state index in [9.17, 15) is 14.4 Å². The number of hydrogen-bond donors (Lipinski definition) is 1. The first-order valence-corrected chi connectivity index (χ1v) is 11.3. The van der Waals surface area contributed by atoms with Crippen molar-refractivity contribution >= 4 is 29.4 Å². The van der Waals surface area contributed by atoms with Gasteiger partial charge in [-0.1, -0.05) is 6.07 Å². The van der Waals surface area contributed by atoms with E-state index in [1.807, 2.05) is 35.0 Å². The summed E-state index contributed by atoms with van der Waals surface area (Å²) >= 11 is 0. The Morgan fingerprint density at radius 2 is 1.88 bits per heavy atom. The molecule has 1 amide bonds. The van der Waals surface area contributed by atoms with E-state index in [0.717, 1.165) is 16.9 Å². The van der Waals surface area contributed by atoms with Crippen LogP contribution in [0.25, 0.3) is 0 Å². The van der Waals surface area contributed by atoms with E-state index in [4.69, 9.17) is 4.74 Å². The monoisotopic (exact) mass is 456 g/mol. The lowest BCUT2D eigenvalue weighted by Gasteiger charge is -2.40. The number of alkyl halides is 1. The topological polar surface area (TPSA) is 82.2 Å². The lowest BCUT2D eigenvalue weighted by Crippen LogP contribution is -2.54. The fourth-order valence-electron chi connectivity index (χ4n) is 4.78. The number of carbonyl (C=O) groups is 1. The van der Waals surface area contributed by atoms with Crippen LogP contribution in [-0.4, -0.2) is 66.9 Å². The number of ether oxygens (including phenoxy) is 1. The lowest BCUT2D eigenvalue weighted by atomic mass is 10.0. The molecule has 8 nitrogen and oxygen atoms in total. The molecular weight excluding hydrogens is 427 g/mol. The molecule has 0 aromatic heterocycles. The highest BCUT2D eigenvalue weighted by Crippen LogP contribution is 2.40. The van der Waals surface area contributed by atoms with Crippen LogP contribution in [0.15, 0.2) is 29.7 Å². The standard InChI is InChI=1S/C24H29FN4O4/c1-24(2,3)33-23(32)27-10-9-21(18(25)13-27)28-12-8-17-19(28)5-4-6-20(17)29-11-7-16(14-30)26-22(29)15-31/h4-6,18,21,26H,7-13H2,1-3H3/t18-,21+/m0/s1. The molecule has 0 aliphatic carbocycles. The minimum Gasteiger partial charge on any atom is -0.444 e. The van der Waals surface area contributed by atoms with Crippen molar-refractivity contribution in [1.82, 2.24) is 10.2 Å². The maximum atomic E-state index is 15.3. The molecule has 3 aliphatic heterocycles. The SMILES string of the molecule is CC(C)(C)OC(=O)N1CC[C@@H](N2CCc3c(N4CCC(=C=O)NC4=C=O)cccc32)[C@@H](F)C1. The summed E-state index contributed by atoms with van der Waals surface area (Å²) in [5.41, 5.74) is 2.54. The summed E-state index contributed by atoms with van der Waals surface area (Å²) in [7, 11) is 0. The van der Waals surface area contributed by atoms with Crippen LogP contribution in [0, 0.1) is 0 Å². The highest BCUT2D eigenvalue weighted by molar-refractivity contribution is 5.76. The first-order valence-electron chi connectivity index (χ1n) is 11.3. The number of anilines is 2. The summed E-state index contributed by atoms with van der Waals surface area (Å²) in [6.45, 7) is 6.93. The fraction of sp³-hybridized carbons (Fsp3) is 0.542. The van der Waals surface area contributed by atoms with Gasteiger partial charge in [0, 0.05) is 43.0 Å². The summed E-state index contributed by atoms with van der Waals surface area (Å²) in [5, 5.41) is 2.79. The summed E-state index contributed by atoms with van der Waals surface area (Å²) in [5.74, 6) is 3.87. The second-order valence-corrected chi connectivity index (χ2v) is 9.57. The van der Waals surface area contributed by atoms with Crippen LogP contribution in [0.4, 0.5) is 20.6 Å². The Morgan fingerprint density at radius 1 is 1.12 bits per heavy atom. The van der Waals surface area contributed by atoms with Crippen molar-refractivity contribution in [3.8, 4) is 0 Å². The van der Waals surface area contributed by atoms with E-state index >= 15 is 4.39 Å². The molecule has 0 saturated carbocycles. The first-order chi connectivity index (χ1) is 15.7. The molecule has 1 aromatic rings. The highest BCUT2D eigenvalue weighted by Gasteiger charge is 2.39. The third-order valence-electron chi connectivity index (χ3n) is 6.23. The van der Waals surface area contributed by atoms with Crippen LogP contribution >= 0.6 is 0 Å². The van der Waals surface area contributed by atoms with Gasteiger partial charge in [-0.2, -0.15) is 0 Å². The van der Waals surface area contributed by atoms with Gasteiger partial charge in [-0.05, 0) is 45.7 Å². The number of benzene rings is 1. The van der Waals surface area contributed by atoms with Crippen LogP contribution in [-0.2, 0) is 20.7 Å². The molecule has 2 saturated heterocycles. The molecule has 2 fully saturated rings. The molecule has 9 heteroatoms. The van der Waals surface area contributed by atoms with Crippen LogP contribution in [0.1, 0.15) is 39.2 Å². The van der Waals surface area contributed by atoms with Gasteiger partial charge in [-0.25, -0.2) is 18.8 Å². The molecule has 0 bridgehead atoms. The Bertz CT molecular complexity index is 1040. The molecule has 0 spiro atoms. The number of piperidine rings is 1. The van der Waals surface area contributed by atoms with Crippen LogP contribution in [0.2, 0.25) is 0 Å². The third kappa shape index (κ3) is 4.61. The molecule has 33 heavy (non-hydrogen) atoms. The molecule has 0 unspecified atom stereocenters. The van der Waals surface area contributed by atoms with Crippen molar-refractivity contribution in [2.45, 2.75) is 57.8 Å². The van der Waals surface area contributed by atoms with Gasteiger partial charge >= 0.3 is 6.09 Å². The maximum absolute atomic E-state index is 15.3. The molecule has 3 heterocycles.